The number of hydrogen-bond acceptors (Lipinski definition) is 5. The number of hydrogen-bond donors (Lipinski definition) is 1. The van der Waals surface area contributed by atoms with E-state index < -0.39 is 5.54 Å². The van der Waals surface area contributed by atoms with Crippen molar-refractivity contribution in [2.45, 2.75) is 54.0 Å². The van der Waals surface area contributed by atoms with Crippen molar-refractivity contribution in [2.75, 3.05) is 7.11 Å². The molecule has 2 unspecified atom stereocenters. The predicted octanol–water partition coefficient (Wildman–Crippen LogP) is 3.15. The molecule has 114 valence electrons. The van der Waals surface area contributed by atoms with E-state index >= 15 is 0 Å². The molecule has 0 aromatic carbocycles. The normalized spacial score (nSPS) is 28.6. The van der Waals surface area contributed by atoms with E-state index in [-0.39, 0.29) is 5.97 Å². The molecule has 2 saturated carbocycles. The molecule has 6 heteroatoms. The zero-order chi connectivity index (χ0) is 14.9. The zero-order valence-electron chi connectivity index (χ0n) is 12.0. The highest BCUT2D eigenvalue weighted by Crippen LogP contribution is 2.43. The van der Waals surface area contributed by atoms with E-state index in [0.29, 0.717) is 11.3 Å². The summed E-state index contributed by atoms with van der Waals surface area (Å²) >= 11 is 5.28. The molecule has 2 atom stereocenters. The van der Waals surface area contributed by atoms with Crippen molar-refractivity contribution in [2.24, 2.45) is 0 Å². The molecular weight excluding hydrogens is 352 g/mol. The lowest BCUT2D eigenvalue weighted by Crippen LogP contribution is -2.52. The van der Waals surface area contributed by atoms with Gasteiger partial charge in [-0.25, -0.2) is 4.98 Å². The standard InChI is InChI=1S/C15H19BrN2O2S/c1-20-14(19)15(18-10-4-5-10)7-6-11(9-15)21-13-12(16)3-2-8-17-13/h2-3,8,10-11,18H,4-7,9H2,1H3. The molecule has 4 nitrogen and oxygen atoms in total. The average Bonchev–Trinajstić information content (AvgIpc) is 3.20. The van der Waals surface area contributed by atoms with E-state index in [1.54, 1.807) is 18.0 Å². The van der Waals surface area contributed by atoms with E-state index in [1.807, 2.05) is 12.1 Å². The number of esters is 1. The van der Waals surface area contributed by atoms with Gasteiger partial charge in [-0.3, -0.25) is 10.1 Å². The van der Waals surface area contributed by atoms with Gasteiger partial charge >= 0.3 is 5.97 Å². The van der Waals surface area contributed by atoms with Crippen LogP contribution in [-0.2, 0) is 9.53 Å². The first-order valence-electron chi connectivity index (χ1n) is 7.26. The molecule has 0 amide bonds. The van der Waals surface area contributed by atoms with E-state index in [4.69, 9.17) is 4.74 Å². The number of ether oxygens (including phenoxy) is 1. The van der Waals surface area contributed by atoms with Gasteiger partial charge in [-0.2, -0.15) is 0 Å². The molecule has 0 saturated heterocycles. The third kappa shape index (κ3) is 3.43. The van der Waals surface area contributed by atoms with Crippen LogP contribution in [0.5, 0.6) is 0 Å². The van der Waals surface area contributed by atoms with E-state index in [0.717, 1.165) is 28.8 Å². The Labute approximate surface area is 137 Å². The maximum Gasteiger partial charge on any atom is 0.326 e. The smallest absolute Gasteiger partial charge is 0.326 e. The van der Waals surface area contributed by atoms with Crippen LogP contribution >= 0.6 is 27.7 Å². The first-order chi connectivity index (χ1) is 10.1. The van der Waals surface area contributed by atoms with Crippen LogP contribution in [0.2, 0.25) is 0 Å². The average molecular weight is 371 g/mol. The fourth-order valence-corrected chi connectivity index (χ4v) is 4.66. The van der Waals surface area contributed by atoms with Crippen LogP contribution in [0.4, 0.5) is 0 Å². The van der Waals surface area contributed by atoms with Crippen molar-refractivity contribution < 1.29 is 9.53 Å². The number of aromatic nitrogens is 1. The van der Waals surface area contributed by atoms with E-state index in [1.165, 1.54) is 20.0 Å². The van der Waals surface area contributed by atoms with Crippen LogP contribution in [0.15, 0.2) is 27.8 Å². The van der Waals surface area contributed by atoms with Gasteiger partial charge in [0.1, 0.15) is 10.6 Å². The SMILES string of the molecule is COC(=O)C1(NC2CC2)CCC(Sc2ncccc2Br)C1. The zero-order valence-corrected chi connectivity index (χ0v) is 14.4. The third-order valence-electron chi connectivity index (χ3n) is 4.11. The van der Waals surface area contributed by atoms with Gasteiger partial charge in [-0.15, -0.1) is 11.8 Å². The minimum absolute atomic E-state index is 0.113. The summed E-state index contributed by atoms with van der Waals surface area (Å²) in [5.74, 6) is -0.113. The molecule has 1 aromatic rings. The highest BCUT2D eigenvalue weighted by Gasteiger charge is 2.49. The van der Waals surface area contributed by atoms with E-state index in [9.17, 15) is 4.79 Å². The maximum atomic E-state index is 12.2. The van der Waals surface area contributed by atoms with Gasteiger partial charge in [-0.05, 0) is 60.2 Å². The van der Waals surface area contributed by atoms with Crippen LogP contribution in [0, 0.1) is 0 Å². The Morgan fingerprint density at radius 2 is 2.33 bits per heavy atom. The molecule has 1 heterocycles. The summed E-state index contributed by atoms with van der Waals surface area (Å²) in [6.45, 7) is 0. The molecule has 3 rings (SSSR count). The highest BCUT2D eigenvalue weighted by molar-refractivity contribution is 9.10. The Morgan fingerprint density at radius 1 is 1.52 bits per heavy atom. The Kier molecular flexibility index (Phi) is 4.57. The van der Waals surface area contributed by atoms with Gasteiger partial charge in [0.25, 0.3) is 0 Å². The van der Waals surface area contributed by atoms with Gasteiger partial charge < -0.3 is 4.74 Å². The van der Waals surface area contributed by atoms with Crippen LogP contribution in [-0.4, -0.2) is 34.9 Å². The van der Waals surface area contributed by atoms with Gasteiger partial charge in [0, 0.05) is 22.0 Å². The second-order valence-electron chi connectivity index (χ2n) is 5.77. The Morgan fingerprint density at radius 3 is 3.00 bits per heavy atom. The number of thioether (sulfide) groups is 1. The first-order valence-corrected chi connectivity index (χ1v) is 8.93. The van der Waals surface area contributed by atoms with Crippen molar-refractivity contribution in [3.63, 3.8) is 0 Å². The molecule has 0 spiro atoms. The number of halogens is 1. The molecule has 1 N–H and O–H groups in total. The lowest BCUT2D eigenvalue weighted by molar-refractivity contribution is -0.148. The first kappa shape index (κ1) is 15.3. The monoisotopic (exact) mass is 370 g/mol. The lowest BCUT2D eigenvalue weighted by atomic mass is 9.97. The molecule has 0 aliphatic heterocycles. The minimum Gasteiger partial charge on any atom is -0.468 e. The van der Waals surface area contributed by atoms with Crippen molar-refractivity contribution >= 4 is 33.7 Å². The third-order valence-corrected chi connectivity index (χ3v) is 6.29. The lowest BCUT2D eigenvalue weighted by Gasteiger charge is -2.27. The molecule has 2 aliphatic rings. The number of carbonyl (C=O) groups is 1. The molecule has 21 heavy (non-hydrogen) atoms. The molecule has 0 bridgehead atoms. The molecule has 0 radical (unpaired) electrons. The van der Waals surface area contributed by atoms with Crippen molar-refractivity contribution in [3.05, 3.63) is 22.8 Å². The predicted molar refractivity (Wildman–Crippen MR) is 86.3 cm³/mol. The summed E-state index contributed by atoms with van der Waals surface area (Å²) in [5.41, 5.74) is -0.491. The maximum absolute atomic E-state index is 12.2. The summed E-state index contributed by atoms with van der Waals surface area (Å²) in [6.07, 6.45) is 6.80. The van der Waals surface area contributed by atoms with Crippen LogP contribution in [0.3, 0.4) is 0 Å². The number of nitrogens with zero attached hydrogens (tertiary/aromatic N) is 1. The van der Waals surface area contributed by atoms with Gasteiger partial charge in [-0.1, -0.05) is 0 Å². The van der Waals surface area contributed by atoms with Crippen molar-refractivity contribution in [3.8, 4) is 0 Å². The van der Waals surface area contributed by atoms with Gasteiger partial charge in [0.2, 0.25) is 0 Å². The van der Waals surface area contributed by atoms with Gasteiger partial charge in [0.15, 0.2) is 0 Å². The van der Waals surface area contributed by atoms with Crippen molar-refractivity contribution in [1.82, 2.24) is 10.3 Å². The van der Waals surface area contributed by atoms with E-state index in [2.05, 4.69) is 26.2 Å². The highest BCUT2D eigenvalue weighted by atomic mass is 79.9. The Bertz CT molecular complexity index is 538. The second kappa shape index (κ2) is 6.26. The fourth-order valence-electron chi connectivity index (χ4n) is 2.91. The van der Waals surface area contributed by atoms with Crippen molar-refractivity contribution in [1.29, 1.82) is 0 Å². The Hall–Kier alpha value is -0.590. The fraction of sp³-hybridized carbons (Fsp3) is 0.600. The molecule has 1 aromatic heterocycles. The number of pyridine rings is 1. The second-order valence-corrected chi connectivity index (χ2v) is 7.91. The van der Waals surface area contributed by atoms with Crippen LogP contribution in [0.1, 0.15) is 32.1 Å². The molecule has 2 aliphatic carbocycles. The number of carbonyl (C=O) groups excluding carboxylic acids is 1. The summed E-state index contributed by atoms with van der Waals surface area (Å²) in [7, 11) is 1.48. The summed E-state index contributed by atoms with van der Waals surface area (Å²) in [4.78, 5) is 16.7. The number of rotatable bonds is 5. The molecule has 2 fully saturated rings. The summed E-state index contributed by atoms with van der Waals surface area (Å²) < 4.78 is 6.07. The van der Waals surface area contributed by atoms with Gasteiger partial charge in [0.05, 0.1) is 7.11 Å². The minimum atomic E-state index is -0.491. The van der Waals surface area contributed by atoms with Crippen LogP contribution < -0.4 is 5.32 Å². The number of nitrogens with one attached hydrogen (secondary N) is 1. The largest absolute Gasteiger partial charge is 0.468 e. The van der Waals surface area contributed by atoms with Crippen LogP contribution in [0.25, 0.3) is 0 Å². The summed E-state index contributed by atoms with van der Waals surface area (Å²) in [5, 5.41) is 4.91. The number of methoxy groups -OCH3 is 1. The molecular formula is C15H19BrN2O2S. The topological polar surface area (TPSA) is 51.2 Å². The quantitative estimate of drug-likeness (QED) is 0.806. The Balaban J connectivity index is 1.70. The summed E-state index contributed by atoms with van der Waals surface area (Å²) in [6, 6.07) is 4.41.